The number of amides is 1. The van der Waals surface area contributed by atoms with E-state index in [1.807, 2.05) is 29.5 Å². The van der Waals surface area contributed by atoms with Gasteiger partial charge in [0, 0.05) is 24.3 Å². The zero-order chi connectivity index (χ0) is 18.1. The summed E-state index contributed by atoms with van der Waals surface area (Å²) < 4.78 is 1.81. The average molecular weight is 381 g/mol. The molecule has 0 radical (unpaired) electrons. The van der Waals surface area contributed by atoms with Gasteiger partial charge in [0.1, 0.15) is 0 Å². The molecular formula is C18H22Cl2N4O. The number of hydrogen-bond acceptors (Lipinski definition) is 3. The molecule has 2 N–H and O–H groups in total. The van der Waals surface area contributed by atoms with Gasteiger partial charge in [-0.1, -0.05) is 23.2 Å². The van der Waals surface area contributed by atoms with Crippen molar-refractivity contribution in [3.05, 3.63) is 45.2 Å². The number of rotatable bonds is 4. The lowest BCUT2D eigenvalue weighted by atomic mass is 10.1. The molecule has 134 valence electrons. The summed E-state index contributed by atoms with van der Waals surface area (Å²) in [4.78, 5) is 14.5. The summed E-state index contributed by atoms with van der Waals surface area (Å²) in [6.45, 7) is 6.08. The van der Waals surface area contributed by atoms with Crippen LogP contribution in [0.1, 0.15) is 23.4 Å². The number of likely N-dealkylation sites (tertiary alicyclic amines) is 1. The Labute approximate surface area is 157 Å². The van der Waals surface area contributed by atoms with Gasteiger partial charge in [0.25, 0.3) is 0 Å². The summed E-state index contributed by atoms with van der Waals surface area (Å²) in [5.41, 5.74) is 9.31. The van der Waals surface area contributed by atoms with Crippen LogP contribution in [0.4, 0.5) is 0 Å². The summed E-state index contributed by atoms with van der Waals surface area (Å²) in [6, 6.07) is 5.39. The number of hydrogen-bond donors (Lipinski definition) is 1. The van der Waals surface area contributed by atoms with Crippen molar-refractivity contribution in [2.24, 2.45) is 11.7 Å². The Balaban J connectivity index is 1.82. The third-order valence-electron chi connectivity index (χ3n) is 4.89. The Bertz CT molecular complexity index is 803. The van der Waals surface area contributed by atoms with E-state index in [1.54, 1.807) is 12.1 Å². The number of nitrogens with two attached hydrogens (primary N) is 1. The van der Waals surface area contributed by atoms with E-state index in [-0.39, 0.29) is 5.91 Å². The first-order valence-corrected chi connectivity index (χ1v) is 9.14. The van der Waals surface area contributed by atoms with Gasteiger partial charge >= 0.3 is 0 Å². The molecule has 1 atom stereocenters. The van der Waals surface area contributed by atoms with Crippen molar-refractivity contribution >= 4 is 29.1 Å². The van der Waals surface area contributed by atoms with Crippen molar-refractivity contribution in [3.8, 4) is 5.69 Å². The smallest absolute Gasteiger partial charge is 0.227 e. The van der Waals surface area contributed by atoms with Gasteiger partial charge in [-0.2, -0.15) is 5.10 Å². The monoisotopic (exact) mass is 380 g/mol. The number of nitrogens with zero attached hydrogens (tertiary/aromatic N) is 3. The lowest BCUT2D eigenvalue weighted by Gasteiger charge is -2.16. The number of aryl methyl sites for hydroxylation is 1. The molecule has 0 aliphatic carbocycles. The molecule has 1 amide bonds. The molecule has 25 heavy (non-hydrogen) atoms. The van der Waals surface area contributed by atoms with E-state index in [9.17, 15) is 4.79 Å². The molecule has 1 aliphatic heterocycles. The van der Waals surface area contributed by atoms with Crippen LogP contribution in [0.5, 0.6) is 0 Å². The lowest BCUT2D eigenvalue weighted by Crippen LogP contribution is -2.31. The number of halogens is 2. The van der Waals surface area contributed by atoms with Crippen LogP contribution in [0.2, 0.25) is 10.0 Å². The summed E-state index contributed by atoms with van der Waals surface area (Å²) in [6.07, 6.45) is 1.35. The summed E-state index contributed by atoms with van der Waals surface area (Å²) in [5, 5.41) is 5.57. The third-order valence-corrected chi connectivity index (χ3v) is 5.63. The molecule has 1 fully saturated rings. The molecule has 1 aromatic carbocycles. The van der Waals surface area contributed by atoms with Crippen molar-refractivity contribution in [3.63, 3.8) is 0 Å². The predicted octanol–water partition coefficient (Wildman–Crippen LogP) is 3.15. The highest BCUT2D eigenvalue weighted by molar-refractivity contribution is 6.42. The van der Waals surface area contributed by atoms with E-state index >= 15 is 0 Å². The van der Waals surface area contributed by atoms with Crippen LogP contribution in [0.15, 0.2) is 18.2 Å². The number of carbonyl (C=O) groups excluding carboxylic acids is 1. The Hall–Kier alpha value is -1.56. The van der Waals surface area contributed by atoms with Gasteiger partial charge in [0.05, 0.1) is 27.8 Å². The van der Waals surface area contributed by atoms with Gasteiger partial charge in [-0.05, 0) is 50.9 Å². The largest absolute Gasteiger partial charge is 0.342 e. The van der Waals surface area contributed by atoms with Crippen LogP contribution in [0, 0.1) is 19.8 Å². The number of carbonyl (C=O) groups is 1. The molecular weight excluding hydrogens is 359 g/mol. The zero-order valence-corrected chi connectivity index (χ0v) is 15.9. The molecule has 0 spiro atoms. The molecule has 0 bridgehead atoms. The normalized spacial score (nSPS) is 17.3. The van der Waals surface area contributed by atoms with Crippen LogP contribution >= 0.6 is 23.2 Å². The van der Waals surface area contributed by atoms with Crippen molar-refractivity contribution in [2.75, 3.05) is 19.6 Å². The van der Waals surface area contributed by atoms with Crippen LogP contribution in [0.3, 0.4) is 0 Å². The van der Waals surface area contributed by atoms with Gasteiger partial charge in [-0.15, -0.1) is 0 Å². The zero-order valence-electron chi connectivity index (χ0n) is 14.4. The van der Waals surface area contributed by atoms with Crippen molar-refractivity contribution in [1.82, 2.24) is 14.7 Å². The van der Waals surface area contributed by atoms with Gasteiger partial charge in [0.2, 0.25) is 5.91 Å². The second-order valence-electron chi connectivity index (χ2n) is 6.57. The molecule has 0 unspecified atom stereocenters. The first-order chi connectivity index (χ1) is 11.9. The highest BCUT2D eigenvalue weighted by Gasteiger charge is 2.26. The quantitative estimate of drug-likeness (QED) is 0.885. The number of aromatic nitrogens is 2. The summed E-state index contributed by atoms with van der Waals surface area (Å²) >= 11 is 12.1. The van der Waals surface area contributed by atoms with Crippen molar-refractivity contribution < 1.29 is 4.79 Å². The maximum atomic E-state index is 12.6. The molecule has 7 heteroatoms. The van der Waals surface area contributed by atoms with Crippen molar-refractivity contribution in [1.29, 1.82) is 0 Å². The first-order valence-electron chi connectivity index (χ1n) is 8.39. The molecule has 5 nitrogen and oxygen atoms in total. The fraction of sp³-hybridized carbons (Fsp3) is 0.444. The molecule has 0 saturated carbocycles. The van der Waals surface area contributed by atoms with Gasteiger partial charge in [0.15, 0.2) is 0 Å². The van der Waals surface area contributed by atoms with E-state index in [1.165, 1.54) is 0 Å². The molecule has 1 aromatic heterocycles. The Morgan fingerprint density at radius 3 is 2.72 bits per heavy atom. The van der Waals surface area contributed by atoms with E-state index in [0.717, 1.165) is 42.1 Å². The highest BCUT2D eigenvalue weighted by Crippen LogP contribution is 2.26. The van der Waals surface area contributed by atoms with Gasteiger partial charge in [-0.25, -0.2) is 4.68 Å². The van der Waals surface area contributed by atoms with Gasteiger partial charge < -0.3 is 10.6 Å². The van der Waals surface area contributed by atoms with Crippen LogP contribution in [0.25, 0.3) is 5.69 Å². The van der Waals surface area contributed by atoms with E-state index < -0.39 is 0 Å². The topological polar surface area (TPSA) is 64.2 Å². The fourth-order valence-corrected chi connectivity index (χ4v) is 3.61. The molecule has 1 aliphatic rings. The second kappa shape index (κ2) is 7.36. The van der Waals surface area contributed by atoms with E-state index in [2.05, 4.69) is 5.10 Å². The Morgan fingerprint density at radius 2 is 2.08 bits per heavy atom. The summed E-state index contributed by atoms with van der Waals surface area (Å²) in [5.74, 6) is 0.556. The minimum atomic E-state index is 0.135. The van der Waals surface area contributed by atoms with Crippen LogP contribution in [-0.2, 0) is 11.2 Å². The SMILES string of the molecule is Cc1nn(-c2ccc(Cl)c(Cl)c2)c(C)c1CC(=O)N1CC[C@H](CN)C1. The minimum absolute atomic E-state index is 0.135. The second-order valence-corrected chi connectivity index (χ2v) is 7.38. The first kappa shape index (κ1) is 18.2. The Morgan fingerprint density at radius 1 is 1.32 bits per heavy atom. The standard InChI is InChI=1S/C18H22Cl2N4O/c1-11-15(8-18(25)23-6-5-13(9-21)10-23)12(2)24(22-11)14-3-4-16(19)17(20)7-14/h3-4,7,13H,5-6,8-10,21H2,1-2H3/t13-/m1/s1. The maximum absolute atomic E-state index is 12.6. The lowest BCUT2D eigenvalue weighted by molar-refractivity contribution is -0.129. The van der Waals surface area contributed by atoms with E-state index in [0.29, 0.717) is 28.9 Å². The molecule has 3 rings (SSSR count). The molecule has 2 aromatic rings. The fourth-order valence-electron chi connectivity index (χ4n) is 3.31. The van der Waals surface area contributed by atoms with Gasteiger partial charge in [-0.3, -0.25) is 4.79 Å². The average Bonchev–Trinajstić information content (AvgIpc) is 3.17. The highest BCUT2D eigenvalue weighted by atomic mass is 35.5. The van der Waals surface area contributed by atoms with E-state index in [4.69, 9.17) is 28.9 Å². The Kier molecular flexibility index (Phi) is 5.37. The predicted molar refractivity (Wildman–Crippen MR) is 101 cm³/mol. The maximum Gasteiger partial charge on any atom is 0.227 e. The third kappa shape index (κ3) is 3.68. The summed E-state index contributed by atoms with van der Waals surface area (Å²) in [7, 11) is 0. The van der Waals surface area contributed by atoms with Crippen LogP contribution in [-0.4, -0.2) is 40.2 Å². The molecule has 1 saturated heterocycles. The molecule has 2 heterocycles. The number of benzene rings is 1. The van der Waals surface area contributed by atoms with Crippen molar-refractivity contribution in [2.45, 2.75) is 26.7 Å². The minimum Gasteiger partial charge on any atom is -0.342 e. The van der Waals surface area contributed by atoms with Crippen LogP contribution < -0.4 is 5.73 Å².